The van der Waals surface area contributed by atoms with Crippen molar-refractivity contribution in [2.24, 2.45) is 0 Å². The maximum atomic E-state index is 9.64. The molecule has 3 unspecified atom stereocenters. The summed E-state index contributed by atoms with van der Waals surface area (Å²) in [6.45, 7) is 3.98. The number of unbranched alkanes of at least 4 members (excludes halogenated alkanes) is 4. The van der Waals surface area contributed by atoms with Crippen LogP contribution in [0, 0.1) is 23.7 Å². The second kappa shape index (κ2) is 12.8. The third-order valence-electron chi connectivity index (χ3n) is 2.79. The quantitative estimate of drug-likeness (QED) is 0.361. The highest BCUT2D eigenvalue weighted by molar-refractivity contribution is 5.29. The number of allylic oxidation sites excluding steroid dienone is 1. The van der Waals surface area contributed by atoms with E-state index in [2.05, 4.69) is 30.6 Å². The summed E-state index contributed by atoms with van der Waals surface area (Å²) < 4.78 is 0. The fraction of sp³-hybridized carbons (Fsp3) is 0.647. The predicted octanol–water partition coefficient (Wildman–Crippen LogP) is 2.01. The van der Waals surface area contributed by atoms with E-state index in [0.717, 1.165) is 12.8 Å². The van der Waals surface area contributed by atoms with Gasteiger partial charge in [-0.2, -0.15) is 0 Å². The van der Waals surface area contributed by atoms with Crippen LogP contribution in [0.4, 0.5) is 0 Å². The van der Waals surface area contributed by atoms with Crippen LogP contribution in [0.2, 0.25) is 0 Å². The molecule has 0 saturated carbocycles. The minimum atomic E-state index is -1.14. The first kappa shape index (κ1) is 18.7. The SMILES string of the molecule is CCCCCC/C=C/C(O)C(O)C#CC#CC(O)CC. The molecular formula is C17H26O3. The van der Waals surface area contributed by atoms with Crippen LogP contribution in [0.3, 0.4) is 0 Å². The van der Waals surface area contributed by atoms with Crippen molar-refractivity contribution < 1.29 is 15.3 Å². The van der Waals surface area contributed by atoms with Crippen molar-refractivity contribution in [3.05, 3.63) is 12.2 Å². The highest BCUT2D eigenvalue weighted by Crippen LogP contribution is 2.04. The largest absolute Gasteiger partial charge is 0.385 e. The molecular weight excluding hydrogens is 252 g/mol. The second-order valence-electron chi connectivity index (χ2n) is 4.68. The molecule has 0 spiro atoms. The van der Waals surface area contributed by atoms with E-state index < -0.39 is 18.3 Å². The van der Waals surface area contributed by atoms with E-state index in [4.69, 9.17) is 0 Å². The Morgan fingerprint density at radius 2 is 1.65 bits per heavy atom. The zero-order valence-electron chi connectivity index (χ0n) is 12.5. The smallest absolute Gasteiger partial charge is 0.145 e. The molecule has 20 heavy (non-hydrogen) atoms. The predicted molar refractivity (Wildman–Crippen MR) is 81.8 cm³/mol. The third kappa shape index (κ3) is 10.6. The molecule has 3 heteroatoms. The summed E-state index contributed by atoms with van der Waals surface area (Å²) in [5.74, 6) is 9.85. The minimum Gasteiger partial charge on any atom is -0.385 e. The molecule has 3 N–H and O–H groups in total. The number of hydrogen-bond donors (Lipinski definition) is 3. The van der Waals surface area contributed by atoms with E-state index in [0.29, 0.717) is 6.42 Å². The number of hydrogen-bond acceptors (Lipinski definition) is 3. The standard InChI is InChI=1S/C17H26O3/c1-3-5-6-7-8-9-13-16(19)17(20)14-11-10-12-15(18)4-2/h9,13,15-20H,3-8H2,1-2H3/b13-9+. The molecule has 0 aromatic carbocycles. The fourth-order valence-corrected chi connectivity index (χ4v) is 1.45. The molecule has 0 aliphatic heterocycles. The fourth-order valence-electron chi connectivity index (χ4n) is 1.45. The van der Waals surface area contributed by atoms with Crippen LogP contribution >= 0.6 is 0 Å². The van der Waals surface area contributed by atoms with E-state index in [1.54, 1.807) is 6.08 Å². The van der Waals surface area contributed by atoms with Gasteiger partial charge in [0.2, 0.25) is 0 Å². The van der Waals surface area contributed by atoms with Gasteiger partial charge in [0, 0.05) is 0 Å². The van der Waals surface area contributed by atoms with Gasteiger partial charge in [-0.05, 0) is 31.1 Å². The van der Waals surface area contributed by atoms with E-state index in [1.165, 1.54) is 19.3 Å². The Kier molecular flexibility index (Phi) is 12.0. The molecule has 0 saturated heterocycles. The molecule has 0 amide bonds. The normalized spacial score (nSPS) is 14.8. The highest BCUT2D eigenvalue weighted by Gasteiger charge is 2.08. The summed E-state index contributed by atoms with van der Waals surface area (Å²) in [4.78, 5) is 0. The van der Waals surface area contributed by atoms with Gasteiger partial charge in [0.15, 0.2) is 0 Å². The molecule has 0 radical (unpaired) electrons. The first-order valence-corrected chi connectivity index (χ1v) is 7.33. The van der Waals surface area contributed by atoms with Gasteiger partial charge < -0.3 is 15.3 Å². The van der Waals surface area contributed by atoms with Crippen LogP contribution in [-0.2, 0) is 0 Å². The van der Waals surface area contributed by atoms with Crippen LogP contribution in [0.1, 0.15) is 52.4 Å². The molecule has 3 nitrogen and oxygen atoms in total. The van der Waals surface area contributed by atoms with Gasteiger partial charge in [-0.25, -0.2) is 0 Å². The second-order valence-corrected chi connectivity index (χ2v) is 4.68. The monoisotopic (exact) mass is 278 g/mol. The first-order chi connectivity index (χ1) is 9.61. The molecule has 0 fully saturated rings. The summed E-state index contributed by atoms with van der Waals surface area (Å²) in [7, 11) is 0. The van der Waals surface area contributed by atoms with Crippen molar-refractivity contribution in [3.8, 4) is 23.7 Å². The van der Waals surface area contributed by atoms with Crippen LogP contribution < -0.4 is 0 Å². The Bertz CT molecular complexity index is 379. The van der Waals surface area contributed by atoms with Crippen LogP contribution in [0.15, 0.2) is 12.2 Å². The molecule has 0 aromatic rings. The van der Waals surface area contributed by atoms with Gasteiger partial charge in [-0.3, -0.25) is 0 Å². The van der Waals surface area contributed by atoms with Crippen molar-refractivity contribution in [1.29, 1.82) is 0 Å². The van der Waals surface area contributed by atoms with E-state index >= 15 is 0 Å². The van der Waals surface area contributed by atoms with Crippen LogP contribution in [-0.4, -0.2) is 33.6 Å². The van der Waals surface area contributed by atoms with E-state index in [1.807, 2.05) is 13.0 Å². The Labute approximate surface area is 122 Å². The van der Waals surface area contributed by atoms with Crippen molar-refractivity contribution in [1.82, 2.24) is 0 Å². The first-order valence-electron chi connectivity index (χ1n) is 7.33. The summed E-state index contributed by atoms with van der Waals surface area (Å²) in [6.07, 6.45) is 6.78. The van der Waals surface area contributed by atoms with Crippen molar-refractivity contribution in [2.45, 2.75) is 70.7 Å². The number of aliphatic hydroxyl groups is 3. The summed E-state index contributed by atoms with van der Waals surface area (Å²) >= 11 is 0. The van der Waals surface area contributed by atoms with Crippen LogP contribution in [0.5, 0.6) is 0 Å². The Morgan fingerprint density at radius 1 is 0.950 bits per heavy atom. The zero-order chi connectivity index (χ0) is 15.2. The summed E-state index contributed by atoms with van der Waals surface area (Å²) in [5.41, 5.74) is 0. The Morgan fingerprint density at radius 3 is 2.30 bits per heavy atom. The third-order valence-corrected chi connectivity index (χ3v) is 2.79. The molecule has 0 aliphatic rings. The van der Waals surface area contributed by atoms with Gasteiger partial charge in [-0.15, -0.1) is 0 Å². The van der Waals surface area contributed by atoms with Crippen LogP contribution in [0.25, 0.3) is 0 Å². The van der Waals surface area contributed by atoms with Gasteiger partial charge in [0.1, 0.15) is 18.3 Å². The number of rotatable bonds is 8. The lowest BCUT2D eigenvalue weighted by Crippen LogP contribution is -2.21. The van der Waals surface area contributed by atoms with E-state index in [9.17, 15) is 15.3 Å². The molecule has 3 atom stereocenters. The molecule has 0 aromatic heterocycles. The zero-order valence-corrected chi connectivity index (χ0v) is 12.5. The van der Waals surface area contributed by atoms with Gasteiger partial charge >= 0.3 is 0 Å². The summed E-state index contributed by atoms with van der Waals surface area (Å²) in [6, 6.07) is 0. The lowest BCUT2D eigenvalue weighted by molar-refractivity contribution is 0.0868. The molecule has 0 heterocycles. The molecule has 0 bridgehead atoms. The summed E-state index contributed by atoms with van der Waals surface area (Å²) in [5, 5.41) is 28.4. The lowest BCUT2D eigenvalue weighted by Gasteiger charge is -2.06. The maximum absolute atomic E-state index is 9.64. The maximum Gasteiger partial charge on any atom is 0.145 e. The van der Waals surface area contributed by atoms with E-state index in [-0.39, 0.29) is 0 Å². The highest BCUT2D eigenvalue weighted by atomic mass is 16.3. The minimum absolute atomic E-state index is 0.542. The Hall–Kier alpha value is -1.26. The van der Waals surface area contributed by atoms with Crippen molar-refractivity contribution in [2.75, 3.05) is 0 Å². The topological polar surface area (TPSA) is 60.7 Å². The van der Waals surface area contributed by atoms with Crippen molar-refractivity contribution >= 4 is 0 Å². The molecule has 0 rings (SSSR count). The Balaban J connectivity index is 4.02. The lowest BCUT2D eigenvalue weighted by atomic mass is 10.1. The number of aliphatic hydroxyl groups excluding tert-OH is 3. The average Bonchev–Trinajstić information content (AvgIpc) is 2.46. The molecule has 0 aliphatic carbocycles. The average molecular weight is 278 g/mol. The van der Waals surface area contributed by atoms with Crippen molar-refractivity contribution in [3.63, 3.8) is 0 Å². The van der Waals surface area contributed by atoms with Gasteiger partial charge in [0.25, 0.3) is 0 Å². The van der Waals surface area contributed by atoms with Gasteiger partial charge in [0.05, 0.1) is 0 Å². The van der Waals surface area contributed by atoms with Gasteiger partial charge in [-0.1, -0.05) is 57.1 Å². The molecule has 112 valence electrons.